The SMILES string of the molecule is CC(=O)C1(C(C)(C)O)C=CC(c2ccccc2)=CC1. The number of hydrogen-bond acceptors (Lipinski definition) is 2. The molecule has 1 aromatic carbocycles. The topological polar surface area (TPSA) is 37.3 Å². The van der Waals surface area contributed by atoms with E-state index in [1.807, 2.05) is 48.6 Å². The van der Waals surface area contributed by atoms with Crippen molar-refractivity contribution < 1.29 is 9.90 Å². The Morgan fingerprint density at radius 3 is 2.32 bits per heavy atom. The molecule has 1 unspecified atom stereocenters. The number of Topliss-reactive ketones (excluding diaryl/α,β-unsaturated/α-hetero) is 1. The highest BCUT2D eigenvalue weighted by Crippen LogP contribution is 2.42. The van der Waals surface area contributed by atoms with Gasteiger partial charge in [-0.3, -0.25) is 4.79 Å². The number of carbonyl (C=O) groups excluding carboxylic acids is 1. The largest absolute Gasteiger partial charge is 0.389 e. The molecule has 1 atom stereocenters. The average Bonchev–Trinajstić information content (AvgIpc) is 2.38. The zero-order chi connectivity index (χ0) is 14.1. The molecule has 0 bridgehead atoms. The summed E-state index contributed by atoms with van der Waals surface area (Å²) in [5.41, 5.74) is 0.354. The summed E-state index contributed by atoms with van der Waals surface area (Å²) in [4.78, 5) is 12.0. The van der Waals surface area contributed by atoms with Crippen LogP contribution < -0.4 is 0 Å². The number of aliphatic hydroxyl groups is 1. The van der Waals surface area contributed by atoms with Crippen LogP contribution in [0, 0.1) is 5.41 Å². The summed E-state index contributed by atoms with van der Waals surface area (Å²) >= 11 is 0. The third-order valence-corrected chi connectivity index (χ3v) is 4.02. The van der Waals surface area contributed by atoms with Gasteiger partial charge in [-0.15, -0.1) is 0 Å². The first-order valence-electron chi connectivity index (χ1n) is 6.55. The molecule has 2 heteroatoms. The standard InChI is InChI=1S/C17H20O2/c1-13(18)17(16(2,3)19)11-9-15(10-12-17)14-7-5-4-6-8-14/h4-11,19H,12H2,1-3H3. The fraction of sp³-hybridized carbons (Fsp3) is 0.353. The van der Waals surface area contributed by atoms with Gasteiger partial charge in [0, 0.05) is 0 Å². The first-order chi connectivity index (χ1) is 8.87. The van der Waals surface area contributed by atoms with Crippen LogP contribution in [0.15, 0.2) is 48.6 Å². The minimum Gasteiger partial charge on any atom is -0.389 e. The van der Waals surface area contributed by atoms with Gasteiger partial charge in [-0.1, -0.05) is 48.6 Å². The van der Waals surface area contributed by atoms with Gasteiger partial charge in [-0.05, 0) is 38.3 Å². The number of ketones is 1. The summed E-state index contributed by atoms with van der Waals surface area (Å²) in [5.74, 6) is -0.000360. The maximum atomic E-state index is 12.0. The molecule has 1 aromatic rings. The summed E-state index contributed by atoms with van der Waals surface area (Å²) in [6.45, 7) is 4.93. The number of rotatable bonds is 3. The van der Waals surface area contributed by atoms with Crippen molar-refractivity contribution in [3.8, 4) is 0 Å². The predicted octanol–water partition coefficient (Wildman–Crippen LogP) is 3.38. The van der Waals surface area contributed by atoms with Gasteiger partial charge in [0.05, 0.1) is 11.0 Å². The molecule has 0 saturated carbocycles. The predicted molar refractivity (Wildman–Crippen MR) is 77.6 cm³/mol. The highest BCUT2D eigenvalue weighted by atomic mass is 16.3. The Balaban J connectivity index is 2.34. The first kappa shape index (κ1) is 13.8. The van der Waals surface area contributed by atoms with Crippen molar-refractivity contribution in [2.24, 2.45) is 5.41 Å². The number of allylic oxidation sites excluding steroid dienone is 3. The van der Waals surface area contributed by atoms with Crippen LogP contribution in [0.5, 0.6) is 0 Å². The molecule has 1 aliphatic rings. The minimum absolute atomic E-state index is 0.000360. The maximum absolute atomic E-state index is 12.0. The quantitative estimate of drug-likeness (QED) is 0.900. The number of benzene rings is 1. The zero-order valence-corrected chi connectivity index (χ0v) is 11.7. The molecule has 1 aliphatic carbocycles. The number of carbonyl (C=O) groups is 1. The van der Waals surface area contributed by atoms with Crippen molar-refractivity contribution in [2.75, 3.05) is 0 Å². The van der Waals surface area contributed by atoms with Crippen molar-refractivity contribution in [1.29, 1.82) is 0 Å². The van der Waals surface area contributed by atoms with Crippen molar-refractivity contribution in [3.05, 3.63) is 54.1 Å². The second-order valence-electron chi connectivity index (χ2n) is 5.65. The monoisotopic (exact) mass is 256 g/mol. The van der Waals surface area contributed by atoms with Crippen molar-refractivity contribution in [1.82, 2.24) is 0 Å². The van der Waals surface area contributed by atoms with Gasteiger partial charge in [-0.2, -0.15) is 0 Å². The molecule has 1 N–H and O–H groups in total. The van der Waals surface area contributed by atoms with Crippen LogP contribution in [-0.2, 0) is 4.79 Å². The third kappa shape index (κ3) is 2.41. The Kier molecular flexibility index (Phi) is 3.46. The molecule has 19 heavy (non-hydrogen) atoms. The fourth-order valence-corrected chi connectivity index (χ4v) is 2.63. The average molecular weight is 256 g/mol. The zero-order valence-electron chi connectivity index (χ0n) is 11.7. The summed E-state index contributed by atoms with van der Waals surface area (Å²) in [7, 11) is 0. The highest BCUT2D eigenvalue weighted by Gasteiger charge is 2.46. The molecule has 0 fully saturated rings. The van der Waals surface area contributed by atoms with Crippen LogP contribution in [0.3, 0.4) is 0 Å². The molecule has 0 spiro atoms. The van der Waals surface area contributed by atoms with Gasteiger partial charge in [0.2, 0.25) is 0 Å². The van der Waals surface area contributed by atoms with E-state index in [-0.39, 0.29) is 5.78 Å². The smallest absolute Gasteiger partial charge is 0.142 e. The summed E-state index contributed by atoms with van der Waals surface area (Å²) in [5, 5.41) is 10.3. The molecule has 0 radical (unpaired) electrons. The molecular weight excluding hydrogens is 236 g/mol. The van der Waals surface area contributed by atoms with E-state index in [0.717, 1.165) is 11.1 Å². The van der Waals surface area contributed by atoms with Crippen molar-refractivity contribution in [2.45, 2.75) is 32.8 Å². The molecule has 0 aromatic heterocycles. The molecular formula is C17H20O2. The van der Waals surface area contributed by atoms with Gasteiger partial charge < -0.3 is 5.11 Å². The minimum atomic E-state index is -1.06. The van der Waals surface area contributed by atoms with Crippen LogP contribution in [0.1, 0.15) is 32.8 Å². The Morgan fingerprint density at radius 2 is 1.89 bits per heavy atom. The van der Waals surface area contributed by atoms with Gasteiger partial charge in [-0.25, -0.2) is 0 Å². The Labute approximate surface area is 114 Å². The molecule has 2 rings (SSSR count). The van der Waals surface area contributed by atoms with Crippen molar-refractivity contribution >= 4 is 11.4 Å². The Hall–Kier alpha value is -1.67. The van der Waals surface area contributed by atoms with Gasteiger partial charge in [0.15, 0.2) is 0 Å². The fourth-order valence-electron chi connectivity index (χ4n) is 2.63. The van der Waals surface area contributed by atoms with Crippen LogP contribution >= 0.6 is 0 Å². The van der Waals surface area contributed by atoms with E-state index in [9.17, 15) is 9.90 Å². The van der Waals surface area contributed by atoms with Gasteiger partial charge >= 0.3 is 0 Å². The molecule has 0 amide bonds. The van der Waals surface area contributed by atoms with Crippen molar-refractivity contribution in [3.63, 3.8) is 0 Å². The summed E-state index contributed by atoms with van der Waals surface area (Å²) in [6.07, 6.45) is 6.37. The van der Waals surface area contributed by atoms with Gasteiger partial charge in [0.25, 0.3) is 0 Å². The van der Waals surface area contributed by atoms with E-state index in [1.54, 1.807) is 20.8 Å². The number of hydrogen-bond donors (Lipinski definition) is 1. The molecule has 0 heterocycles. The Morgan fingerprint density at radius 1 is 1.26 bits per heavy atom. The second-order valence-corrected chi connectivity index (χ2v) is 5.65. The highest BCUT2D eigenvalue weighted by molar-refractivity contribution is 5.89. The molecule has 0 saturated heterocycles. The second kappa shape index (κ2) is 4.78. The van der Waals surface area contributed by atoms with E-state index < -0.39 is 11.0 Å². The molecule has 0 aliphatic heterocycles. The van der Waals surface area contributed by atoms with Gasteiger partial charge in [0.1, 0.15) is 5.78 Å². The lowest BCUT2D eigenvalue weighted by Gasteiger charge is -2.40. The lowest BCUT2D eigenvalue weighted by atomic mass is 9.66. The van der Waals surface area contributed by atoms with Crippen LogP contribution in [-0.4, -0.2) is 16.5 Å². The Bertz CT molecular complexity index is 532. The van der Waals surface area contributed by atoms with E-state index in [2.05, 4.69) is 0 Å². The van der Waals surface area contributed by atoms with E-state index in [4.69, 9.17) is 0 Å². The summed E-state index contributed by atoms with van der Waals surface area (Å²) in [6, 6.07) is 10.1. The summed E-state index contributed by atoms with van der Waals surface area (Å²) < 4.78 is 0. The van der Waals surface area contributed by atoms with Crippen LogP contribution in [0.2, 0.25) is 0 Å². The molecule has 100 valence electrons. The molecule has 2 nitrogen and oxygen atoms in total. The van der Waals surface area contributed by atoms with E-state index in [1.165, 1.54) is 0 Å². The van der Waals surface area contributed by atoms with E-state index in [0.29, 0.717) is 6.42 Å². The normalized spacial score (nSPS) is 23.1. The first-order valence-corrected chi connectivity index (χ1v) is 6.55. The third-order valence-electron chi connectivity index (χ3n) is 4.02. The van der Waals surface area contributed by atoms with Crippen LogP contribution in [0.4, 0.5) is 0 Å². The lowest BCUT2D eigenvalue weighted by Crippen LogP contribution is -2.47. The maximum Gasteiger partial charge on any atom is 0.142 e. The van der Waals surface area contributed by atoms with E-state index >= 15 is 0 Å². The lowest BCUT2D eigenvalue weighted by molar-refractivity contribution is -0.135. The van der Waals surface area contributed by atoms with Crippen LogP contribution in [0.25, 0.3) is 5.57 Å².